The van der Waals surface area contributed by atoms with Crippen molar-refractivity contribution in [2.75, 3.05) is 9.80 Å². The van der Waals surface area contributed by atoms with Gasteiger partial charge in [-0.05, 0) is 118 Å². The van der Waals surface area contributed by atoms with Gasteiger partial charge in [-0.15, -0.1) is 0 Å². The third-order valence-corrected chi connectivity index (χ3v) is 15.0. The Morgan fingerprint density at radius 3 is 0.943 bits per heavy atom. The van der Waals surface area contributed by atoms with Crippen molar-refractivity contribution in [2.45, 2.75) is 49.5 Å². The summed E-state index contributed by atoms with van der Waals surface area (Å²) in [5, 5.41) is -0.867. The van der Waals surface area contributed by atoms with Crippen LogP contribution in [0.1, 0.15) is 49.9 Å². The van der Waals surface area contributed by atoms with Crippen molar-refractivity contribution in [1.29, 1.82) is 0 Å². The van der Waals surface area contributed by atoms with E-state index in [1.54, 1.807) is 64.1 Å². The lowest BCUT2D eigenvalue weighted by molar-refractivity contribution is -0.0504. The highest BCUT2D eigenvalue weighted by molar-refractivity contribution is 7.88. The molecule has 0 radical (unpaired) electrons. The summed E-state index contributed by atoms with van der Waals surface area (Å²) < 4.78 is 151. The van der Waals surface area contributed by atoms with Gasteiger partial charge in [0.05, 0.1) is 0 Å². The second-order valence-corrected chi connectivity index (χ2v) is 21.1. The summed E-state index contributed by atoms with van der Waals surface area (Å²) in [6.07, 6.45) is 0. The average Bonchev–Trinajstić information content (AvgIpc) is 3.68. The van der Waals surface area contributed by atoms with E-state index in [0.29, 0.717) is 22.5 Å². The number of hydrogen-bond donors (Lipinski definition) is 0. The SMILES string of the molecule is CC1(C)c2cc(N(c3ccccc3)c3ccccc3)ccc2-c2c1cc1c(OS(=O)(=O)C(F)(F)F)c3c(cc1c2OS(=O)(=O)C(F)(F)F)C(C)(C)c1cc(N(c2ccccc2)c2ccccc2)ccc1-3. The monoisotopic (exact) mass is 990 g/mol. The lowest BCUT2D eigenvalue weighted by Gasteiger charge is -2.28. The number of benzene rings is 8. The van der Waals surface area contributed by atoms with Crippen LogP contribution in [0.3, 0.4) is 0 Å². The predicted molar refractivity (Wildman–Crippen MR) is 260 cm³/mol. The van der Waals surface area contributed by atoms with Crippen LogP contribution in [0.5, 0.6) is 11.5 Å². The third kappa shape index (κ3) is 7.42. The zero-order valence-corrected chi connectivity index (χ0v) is 39.2. The molecule has 0 aliphatic heterocycles. The van der Waals surface area contributed by atoms with Gasteiger partial charge in [0.1, 0.15) is 0 Å². The van der Waals surface area contributed by atoms with Crippen LogP contribution in [0.2, 0.25) is 0 Å². The summed E-state index contributed by atoms with van der Waals surface area (Å²) in [5.41, 5.74) is -8.47. The van der Waals surface area contributed by atoms with Crippen LogP contribution >= 0.6 is 0 Å². The fourth-order valence-corrected chi connectivity index (χ4v) is 10.8. The first-order chi connectivity index (χ1) is 33.0. The van der Waals surface area contributed by atoms with Crippen LogP contribution in [-0.2, 0) is 31.1 Å². The molecule has 2 aliphatic carbocycles. The molecule has 16 heteroatoms. The Labute approximate surface area is 400 Å². The van der Waals surface area contributed by atoms with Crippen LogP contribution in [0.4, 0.5) is 60.5 Å². The molecule has 10 rings (SSSR count). The van der Waals surface area contributed by atoms with Crippen molar-refractivity contribution in [2.24, 2.45) is 0 Å². The van der Waals surface area contributed by atoms with Crippen molar-refractivity contribution in [3.63, 3.8) is 0 Å². The predicted octanol–water partition coefficient (Wildman–Crippen LogP) is 14.8. The number of alkyl halides is 6. The summed E-state index contributed by atoms with van der Waals surface area (Å²) in [6.45, 7) is 6.87. The minimum absolute atomic E-state index is 0.0839. The van der Waals surface area contributed by atoms with E-state index < -0.39 is 64.4 Å². The molecule has 8 aromatic rings. The molecule has 0 spiro atoms. The van der Waals surface area contributed by atoms with Gasteiger partial charge in [-0.25, -0.2) is 0 Å². The summed E-state index contributed by atoms with van der Waals surface area (Å²) >= 11 is 0. The van der Waals surface area contributed by atoms with Crippen molar-refractivity contribution < 1.29 is 51.5 Å². The number of nitrogens with zero attached hydrogens (tertiary/aromatic N) is 2. The third-order valence-electron chi connectivity index (χ3n) is 13.1. The normalized spacial score (nSPS) is 14.6. The van der Waals surface area contributed by atoms with Gasteiger partial charge >= 0.3 is 31.3 Å². The second kappa shape index (κ2) is 16.1. The zero-order valence-electron chi connectivity index (χ0n) is 37.6. The van der Waals surface area contributed by atoms with Crippen molar-refractivity contribution >= 4 is 65.1 Å². The van der Waals surface area contributed by atoms with E-state index in [9.17, 15) is 43.2 Å². The van der Waals surface area contributed by atoms with Gasteiger partial charge in [-0.3, -0.25) is 0 Å². The molecule has 0 heterocycles. The Morgan fingerprint density at radius 2 is 0.671 bits per heavy atom. The van der Waals surface area contributed by atoms with E-state index in [1.165, 1.54) is 12.1 Å². The maximum atomic E-state index is 14.5. The summed E-state index contributed by atoms with van der Waals surface area (Å²) in [7, 11) is -13.0. The molecule has 0 amide bonds. The number of para-hydroxylation sites is 4. The Morgan fingerprint density at radius 1 is 0.386 bits per heavy atom. The molecule has 0 atom stereocenters. The molecule has 0 fully saturated rings. The molecule has 0 aromatic heterocycles. The maximum Gasteiger partial charge on any atom is 0.534 e. The number of anilines is 6. The largest absolute Gasteiger partial charge is 0.534 e. The fraction of sp³-hybridized carbons (Fsp3) is 0.148. The Hall–Kier alpha value is -7.30. The van der Waals surface area contributed by atoms with Crippen LogP contribution in [0.25, 0.3) is 33.0 Å². The van der Waals surface area contributed by atoms with E-state index >= 15 is 0 Å². The molecular weight excluding hydrogens is 951 g/mol. The van der Waals surface area contributed by atoms with Crippen molar-refractivity contribution in [1.82, 2.24) is 0 Å². The molecular formula is C54H40F6N2O6S2. The average molecular weight is 991 g/mol. The Kier molecular flexibility index (Phi) is 10.7. The first kappa shape index (κ1) is 46.4. The van der Waals surface area contributed by atoms with Crippen molar-refractivity contribution in [3.8, 4) is 33.8 Å². The number of fused-ring (bicyclic) bond motifs is 7. The van der Waals surface area contributed by atoms with E-state index in [2.05, 4.69) is 0 Å². The van der Waals surface area contributed by atoms with Gasteiger partial charge in [0.15, 0.2) is 11.5 Å². The molecule has 0 N–H and O–H groups in total. The molecule has 8 nitrogen and oxygen atoms in total. The minimum Gasteiger partial charge on any atom is -0.375 e. The molecule has 0 unspecified atom stereocenters. The number of rotatable bonds is 10. The summed E-state index contributed by atoms with van der Waals surface area (Å²) in [4.78, 5) is 3.90. The van der Waals surface area contributed by atoms with Gasteiger partial charge < -0.3 is 18.2 Å². The zero-order chi connectivity index (χ0) is 49.8. The highest BCUT2D eigenvalue weighted by atomic mass is 32.2. The second-order valence-electron chi connectivity index (χ2n) is 18.0. The first-order valence-corrected chi connectivity index (χ1v) is 24.6. The first-order valence-electron chi connectivity index (χ1n) is 21.8. The quantitative estimate of drug-likeness (QED) is 0.0760. The van der Waals surface area contributed by atoms with Crippen LogP contribution < -0.4 is 18.2 Å². The lowest BCUT2D eigenvalue weighted by Crippen LogP contribution is -2.29. The van der Waals surface area contributed by atoms with Crippen LogP contribution in [0.15, 0.2) is 170 Å². The topological polar surface area (TPSA) is 93.2 Å². The fourth-order valence-electron chi connectivity index (χ4n) is 9.79. The molecule has 70 heavy (non-hydrogen) atoms. The van der Waals surface area contributed by atoms with E-state index in [1.807, 2.05) is 131 Å². The molecule has 8 aromatic carbocycles. The molecule has 0 saturated carbocycles. The van der Waals surface area contributed by atoms with Gasteiger partial charge in [-0.2, -0.15) is 43.2 Å². The Bertz CT molecular complexity index is 3290. The van der Waals surface area contributed by atoms with E-state index in [4.69, 9.17) is 8.37 Å². The maximum absolute atomic E-state index is 14.5. The van der Waals surface area contributed by atoms with E-state index in [-0.39, 0.29) is 33.4 Å². The van der Waals surface area contributed by atoms with E-state index in [0.717, 1.165) is 22.7 Å². The smallest absolute Gasteiger partial charge is 0.375 e. The highest BCUT2D eigenvalue weighted by Crippen LogP contribution is 2.62. The van der Waals surface area contributed by atoms with Gasteiger partial charge in [-0.1, -0.05) is 113 Å². The molecule has 0 saturated heterocycles. The van der Waals surface area contributed by atoms with Crippen molar-refractivity contribution in [3.05, 3.63) is 192 Å². The number of halogens is 6. The van der Waals surface area contributed by atoms with Crippen LogP contribution in [-0.4, -0.2) is 27.9 Å². The summed E-state index contributed by atoms with van der Waals surface area (Å²) in [5.74, 6) is -1.73. The molecule has 0 bridgehead atoms. The summed E-state index contributed by atoms with van der Waals surface area (Å²) in [6, 6.07) is 50.4. The van der Waals surface area contributed by atoms with Crippen LogP contribution in [0, 0.1) is 0 Å². The standard InChI is InChI=1S/C54H40F6N2O6S2/c1-51(2)43-29-37(61(33-17-9-5-10-18-33)34-19-11-6-12-20-34)25-27-39(43)47-45(51)31-41-42(49(47)67-69(63,64)53(55,56)57)32-46-48(50(41)68-70(65,66)54(58,59)60)40-28-26-38(30-44(40)52(46,3)4)62(35-21-13-7-14-22-35)36-23-15-8-16-24-36/h5-32H,1-4H3. The Balaban J connectivity index is 1.26. The number of hydrogen-bond acceptors (Lipinski definition) is 8. The minimum atomic E-state index is -6.49. The van der Waals surface area contributed by atoms with Gasteiger partial charge in [0.25, 0.3) is 0 Å². The van der Waals surface area contributed by atoms with Gasteiger partial charge in [0, 0.05) is 66.9 Å². The highest BCUT2D eigenvalue weighted by Gasteiger charge is 2.52. The lowest BCUT2D eigenvalue weighted by atomic mass is 9.79. The van der Waals surface area contributed by atoms with Gasteiger partial charge in [0.2, 0.25) is 0 Å². The molecule has 2 aliphatic rings. The molecule has 356 valence electrons.